The molecule has 0 saturated carbocycles. The van der Waals surface area contributed by atoms with Gasteiger partial charge in [0.25, 0.3) is 5.91 Å². The van der Waals surface area contributed by atoms with Crippen molar-refractivity contribution in [3.63, 3.8) is 0 Å². The van der Waals surface area contributed by atoms with Gasteiger partial charge in [-0.15, -0.1) is 0 Å². The topological polar surface area (TPSA) is 66.6 Å². The first kappa shape index (κ1) is 19.0. The average molecular weight is 402 g/mol. The minimum atomic E-state index is -0.262. The fraction of sp³-hybridized carbons (Fsp3) is 0.100. The van der Waals surface area contributed by atoms with Gasteiger partial charge in [-0.05, 0) is 48.9 Å². The Bertz CT molecular complexity index is 983. The molecule has 0 aliphatic heterocycles. The first-order valence-electron chi connectivity index (χ1n) is 8.19. The first-order valence-corrected chi connectivity index (χ1v) is 8.95. The van der Waals surface area contributed by atoms with Crippen molar-refractivity contribution in [2.45, 2.75) is 6.92 Å². The third-order valence-corrected chi connectivity index (χ3v) is 4.34. The Labute approximate surface area is 167 Å². The number of benzene rings is 2. The van der Waals surface area contributed by atoms with Crippen LogP contribution in [0.2, 0.25) is 10.0 Å². The zero-order valence-corrected chi connectivity index (χ0v) is 16.0. The molecule has 0 fully saturated rings. The lowest BCUT2D eigenvalue weighted by molar-refractivity contribution is -0.119. The highest BCUT2D eigenvalue weighted by molar-refractivity contribution is 6.36. The molecule has 1 amide bonds. The molecule has 2 N–H and O–H groups in total. The SMILES string of the molecule is Cc1ccccc1NCC(=O)NN=Cc1ccc(-c2ccc(Cl)cc2Cl)o1. The fourth-order valence-electron chi connectivity index (χ4n) is 2.41. The summed E-state index contributed by atoms with van der Waals surface area (Å²) in [4.78, 5) is 11.9. The molecule has 3 rings (SSSR count). The number of para-hydroxylation sites is 1. The molecular formula is C20H17Cl2N3O2. The number of carbonyl (C=O) groups is 1. The van der Waals surface area contributed by atoms with Crippen LogP contribution >= 0.6 is 23.2 Å². The summed E-state index contributed by atoms with van der Waals surface area (Å²) in [5, 5.41) is 8.02. The van der Waals surface area contributed by atoms with Crippen LogP contribution in [0.25, 0.3) is 11.3 Å². The Morgan fingerprint density at radius 3 is 2.74 bits per heavy atom. The third-order valence-electron chi connectivity index (χ3n) is 3.79. The molecule has 0 bridgehead atoms. The highest BCUT2D eigenvalue weighted by Gasteiger charge is 2.08. The second-order valence-corrected chi connectivity index (χ2v) is 6.63. The Hall–Kier alpha value is -2.76. The van der Waals surface area contributed by atoms with E-state index in [0.29, 0.717) is 21.6 Å². The highest BCUT2D eigenvalue weighted by atomic mass is 35.5. The first-order chi connectivity index (χ1) is 13.0. The van der Waals surface area contributed by atoms with E-state index in [9.17, 15) is 4.79 Å². The summed E-state index contributed by atoms with van der Waals surface area (Å²) in [5.74, 6) is 0.816. The second kappa shape index (κ2) is 8.75. The molecule has 138 valence electrons. The van der Waals surface area contributed by atoms with Crippen molar-refractivity contribution >= 4 is 41.0 Å². The van der Waals surface area contributed by atoms with E-state index in [1.54, 1.807) is 30.3 Å². The van der Waals surface area contributed by atoms with Crippen molar-refractivity contribution in [1.82, 2.24) is 5.43 Å². The van der Waals surface area contributed by atoms with E-state index in [-0.39, 0.29) is 12.5 Å². The van der Waals surface area contributed by atoms with Crippen molar-refractivity contribution in [3.8, 4) is 11.3 Å². The number of nitrogens with one attached hydrogen (secondary N) is 2. The minimum Gasteiger partial charge on any atom is -0.455 e. The van der Waals surface area contributed by atoms with Crippen molar-refractivity contribution in [2.24, 2.45) is 5.10 Å². The number of anilines is 1. The molecule has 0 aliphatic rings. The van der Waals surface area contributed by atoms with Gasteiger partial charge in [-0.1, -0.05) is 41.4 Å². The van der Waals surface area contributed by atoms with Gasteiger partial charge in [0.05, 0.1) is 17.8 Å². The van der Waals surface area contributed by atoms with E-state index in [2.05, 4.69) is 15.8 Å². The van der Waals surface area contributed by atoms with E-state index < -0.39 is 0 Å². The molecule has 1 heterocycles. The Morgan fingerprint density at radius 2 is 1.96 bits per heavy atom. The van der Waals surface area contributed by atoms with E-state index in [4.69, 9.17) is 27.6 Å². The predicted molar refractivity (Wildman–Crippen MR) is 110 cm³/mol. The molecule has 3 aromatic rings. The van der Waals surface area contributed by atoms with Crippen LogP contribution in [-0.2, 0) is 4.79 Å². The quantitative estimate of drug-likeness (QED) is 0.444. The average Bonchev–Trinajstić information content (AvgIpc) is 3.09. The van der Waals surface area contributed by atoms with Crippen molar-refractivity contribution < 1.29 is 9.21 Å². The number of nitrogens with zero attached hydrogens (tertiary/aromatic N) is 1. The summed E-state index contributed by atoms with van der Waals surface area (Å²) in [5.41, 5.74) is 5.16. The third kappa shape index (κ3) is 5.12. The zero-order chi connectivity index (χ0) is 19.2. The summed E-state index contributed by atoms with van der Waals surface area (Å²) in [6, 6.07) is 16.4. The number of hydrazone groups is 1. The maximum atomic E-state index is 11.9. The van der Waals surface area contributed by atoms with E-state index >= 15 is 0 Å². The summed E-state index contributed by atoms with van der Waals surface area (Å²) in [6.45, 7) is 2.09. The zero-order valence-electron chi connectivity index (χ0n) is 14.5. The second-order valence-electron chi connectivity index (χ2n) is 5.79. The lowest BCUT2D eigenvalue weighted by atomic mass is 10.2. The van der Waals surface area contributed by atoms with Gasteiger partial charge in [0, 0.05) is 16.3 Å². The maximum Gasteiger partial charge on any atom is 0.259 e. The van der Waals surface area contributed by atoms with Gasteiger partial charge in [-0.3, -0.25) is 4.79 Å². The van der Waals surface area contributed by atoms with Gasteiger partial charge < -0.3 is 9.73 Å². The predicted octanol–water partition coefficient (Wildman–Crippen LogP) is 5.12. The number of furan rings is 1. The minimum absolute atomic E-state index is 0.117. The molecule has 0 unspecified atom stereocenters. The molecule has 7 heteroatoms. The summed E-state index contributed by atoms with van der Waals surface area (Å²) >= 11 is 12.1. The normalized spacial score (nSPS) is 10.9. The van der Waals surface area contributed by atoms with Crippen LogP contribution in [0.3, 0.4) is 0 Å². The number of hydrogen-bond acceptors (Lipinski definition) is 4. The fourth-order valence-corrected chi connectivity index (χ4v) is 2.91. The van der Waals surface area contributed by atoms with E-state index in [0.717, 1.165) is 16.8 Å². The van der Waals surface area contributed by atoms with Crippen LogP contribution in [0.15, 0.2) is 64.1 Å². The van der Waals surface area contributed by atoms with E-state index in [1.165, 1.54) is 6.21 Å². The number of hydrogen-bond donors (Lipinski definition) is 2. The summed E-state index contributed by atoms with van der Waals surface area (Å²) < 4.78 is 5.67. The lowest BCUT2D eigenvalue weighted by Crippen LogP contribution is -2.26. The van der Waals surface area contributed by atoms with Crippen molar-refractivity contribution in [1.29, 1.82) is 0 Å². The van der Waals surface area contributed by atoms with Gasteiger partial charge in [0.1, 0.15) is 11.5 Å². The molecule has 0 radical (unpaired) electrons. The maximum absolute atomic E-state index is 11.9. The van der Waals surface area contributed by atoms with Crippen LogP contribution < -0.4 is 10.7 Å². The van der Waals surface area contributed by atoms with Gasteiger partial charge in [0.2, 0.25) is 0 Å². The Balaban J connectivity index is 1.55. The molecule has 27 heavy (non-hydrogen) atoms. The lowest BCUT2D eigenvalue weighted by Gasteiger charge is -2.07. The largest absolute Gasteiger partial charge is 0.455 e. The molecular weight excluding hydrogens is 385 g/mol. The molecule has 0 saturated heterocycles. The molecule has 5 nitrogen and oxygen atoms in total. The van der Waals surface area contributed by atoms with Crippen LogP contribution in [-0.4, -0.2) is 18.7 Å². The number of amides is 1. The van der Waals surface area contributed by atoms with Gasteiger partial charge in [-0.2, -0.15) is 5.10 Å². The number of carbonyl (C=O) groups excluding carboxylic acids is 1. The molecule has 0 spiro atoms. The van der Waals surface area contributed by atoms with Crippen molar-refractivity contribution in [3.05, 3.63) is 76.0 Å². The van der Waals surface area contributed by atoms with Gasteiger partial charge in [0.15, 0.2) is 0 Å². The number of aryl methyl sites for hydroxylation is 1. The van der Waals surface area contributed by atoms with Crippen LogP contribution in [0.5, 0.6) is 0 Å². The molecule has 0 atom stereocenters. The molecule has 0 aliphatic carbocycles. The molecule has 1 aromatic heterocycles. The highest BCUT2D eigenvalue weighted by Crippen LogP contribution is 2.31. The monoisotopic (exact) mass is 401 g/mol. The number of rotatable bonds is 6. The standard InChI is InChI=1S/C20H17Cl2N3O2/c1-13-4-2-3-5-18(13)23-12-20(26)25-24-11-15-7-9-19(27-15)16-8-6-14(21)10-17(16)22/h2-11,23H,12H2,1H3,(H,25,26). The summed E-state index contributed by atoms with van der Waals surface area (Å²) in [6.07, 6.45) is 1.43. The van der Waals surface area contributed by atoms with Crippen LogP contribution in [0.1, 0.15) is 11.3 Å². The van der Waals surface area contributed by atoms with E-state index in [1.807, 2.05) is 31.2 Å². The van der Waals surface area contributed by atoms with Crippen LogP contribution in [0.4, 0.5) is 5.69 Å². The van der Waals surface area contributed by atoms with Crippen LogP contribution in [0, 0.1) is 6.92 Å². The molecule has 2 aromatic carbocycles. The Kier molecular flexibility index (Phi) is 6.16. The van der Waals surface area contributed by atoms with Gasteiger partial charge >= 0.3 is 0 Å². The Morgan fingerprint density at radius 1 is 1.15 bits per heavy atom. The van der Waals surface area contributed by atoms with Crippen molar-refractivity contribution in [2.75, 3.05) is 11.9 Å². The smallest absolute Gasteiger partial charge is 0.259 e. The number of halogens is 2. The summed E-state index contributed by atoms with van der Waals surface area (Å²) in [7, 11) is 0. The van der Waals surface area contributed by atoms with Gasteiger partial charge in [-0.25, -0.2) is 5.43 Å².